The van der Waals surface area contributed by atoms with E-state index < -0.39 is 0 Å². The van der Waals surface area contributed by atoms with E-state index >= 15 is 0 Å². The van der Waals surface area contributed by atoms with E-state index in [0.29, 0.717) is 0 Å². The van der Waals surface area contributed by atoms with E-state index in [1.165, 1.54) is 33.3 Å². The second-order valence-corrected chi connectivity index (χ2v) is 6.74. The third kappa shape index (κ3) is 3.07. The average Bonchev–Trinajstić information content (AvgIpc) is 3.00. The Morgan fingerprint density at radius 1 is 1.08 bits per heavy atom. The lowest BCUT2D eigenvalue weighted by Gasteiger charge is -2.16. The lowest BCUT2D eigenvalue weighted by atomic mass is 10.0. The first-order valence-corrected chi connectivity index (χ1v) is 8.57. The van der Waals surface area contributed by atoms with Crippen molar-refractivity contribution in [3.63, 3.8) is 0 Å². The molecule has 3 aromatic rings. The van der Waals surface area contributed by atoms with Gasteiger partial charge in [-0.25, -0.2) is 4.98 Å². The summed E-state index contributed by atoms with van der Waals surface area (Å²) in [5, 5.41) is 6.12. The summed E-state index contributed by atoms with van der Waals surface area (Å²) < 4.78 is 2.24. The van der Waals surface area contributed by atoms with E-state index in [1.807, 2.05) is 24.6 Å². The van der Waals surface area contributed by atoms with Crippen molar-refractivity contribution < 1.29 is 0 Å². The number of aryl methyl sites for hydroxylation is 2. The zero-order chi connectivity index (χ0) is 17.4. The number of allylic oxidation sites excluding steroid dienone is 1. The van der Waals surface area contributed by atoms with Gasteiger partial charge in [-0.05, 0) is 48.2 Å². The molecule has 0 unspecified atom stereocenters. The molecule has 126 valence electrons. The number of nitrogens with zero attached hydrogens (tertiary/aromatic N) is 4. The van der Waals surface area contributed by atoms with E-state index in [9.17, 15) is 0 Å². The summed E-state index contributed by atoms with van der Waals surface area (Å²) in [5.41, 5.74) is 8.66. The lowest BCUT2D eigenvalue weighted by Crippen LogP contribution is -2.08. The predicted molar refractivity (Wildman–Crippen MR) is 104 cm³/mol. The van der Waals surface area contributed by atoms with Crippen LogP contribution >= 0.6 is 0 Å². The highest BCUT2D eigenvalue weighted by atomic mass is 15.4. The third-order valence-electron chi connectivity index (χ3n) is 4.75. The minimum atomic E-state index is 0.841. The third-order valence-corrected chi connectivity index (χ3v) is 4.75. The molecule has 0 bridgehead atoms. The minimum absolute atomic E-state index is 0.841. The highest BCUT2D eigenvalue weighted by Gasteiger charge is 2.10. The smallest absolute Gasteiger partial charge is 0.0961 e. The number of hydrazone groups is 1. The topological polar surface area (TPSA) is 33.4 Å². The molecule has 0 saturated carbocycles. The van der Waals surface area contributed by atoms with Crippen LogP contribution in [0.2, 0.25) is 0 Å². The molecular formula is C21H22N4. The molecule has 4 rings (SSSR count). The Labute approximate surface area is 148 Å². The molecule has 0 atom stereocenters. The van der Waals surface area contributed by atoms with Crippen LogP contribution in [0.5, 0.6) is 0 Å². The molecule has 0 aliphatic carbocycles. The normalized spacial score (nSPS) is 14.2. The first-order valence-electron chi connectivity index (χ1n) is 8.57. The highest BCUT2D eigenvalue weighted by Crippen LogP contribution is 2.25. The molecule has 4 nitrogen and oxygen atoms in total. The number of imidazole rings is 1. The maximum absolute atomic E-state index is 4.57. The van der Waals surface area contributed by atoms with E-state index in [4.69, 9.17) is 0 Å². The van der Waals surface area contributed by atoms with Crippen molar-refractivity contribution in [2.24, 2.45) is 5.10 Å². The number of fused-ring (bicyclic) bond motifs is 1. The molecular weight excluding hydrogens is 308 g/mol. The molecule has 0 fully saturated rings. The van der Waals surface area contributed by atoms with Crippen LogP contribution < -0.4 is 0 Å². The Morgan fingerprint density at radius 3 is 2.80 bits per heavy atom. The van der Waals surface area contributed by atoms with Gasteiger partial charge in [0.05, 0.1) is 17.4 Å². The van der Waals surface area contributed by atoms with Gasteiger partial charge in [-0.2, -0.15) is 5.10 Å². The van der Waals surface area contributed by atoms with Gasteiger partial charge in [-0.15, -0.1) is 0 Å². The van der Waals surface area contributed by atoms with Crippen LogP contribution in [0.25, 0.3) is 16.6 Å². The molecule has 1 aliphatic rings. The van der Waals surface area contributed by atoms with Gasteiger partial charge in [-0.3, -0.25) is 5.01 Å². The van der Waals surface area contributed by atoms with Crippen LogP contribution in [0.15, 0.2) is 54.0 Å². The monoisotopic (exact) mass is 330 g/mol. The van der Waals surface area contributed by atoms with Gasteiger partial charge in [0.15, 0.2) is 0 Å². The average molecular weight is 330 g/mol. The summed E-state index contributed by atoms with van der Waals surface area (Å²) in [7, 11) is 1.96. The van der Waals surface area contributed by atoms with Crippen molar-refractivity contribution in [1.82, 2.24) is 14.6 Å². The van der Waals surface area contributed by atoms with Crippen LogP contribution in [0.4, 0.5) is 0 Å². The maximum atomic E-state index is 4.57. The number of benzene rings is 2. The molecule has 0 amide bonds. The molecule has 1 aliphatic heterocycles. The van der Waals surface area contributed by atoms with E-state index in [2.05, 4.69) is 71.1 Å². The van der Waals surface area contributed by atoms with Crippen molar-refractivity contribution in [3.8, 4) is 0 Å². The SMILES string of the molecule is Cc1ccc(C)c(Cn2cnc3ccc(C4=CN(C)N=CC4)cc32)c1. The van der Waals surface area contributed by atoms with Gasteiger partial charge in [0.1, 0.15) is 0 Å². The van der Waals surface area contributed by atoms with Crippen LogP contribution in [-0.4, -0.2) is 27.8 Å². The Bertz CT molecular complexity index is 994. The Morgan fingerprint density at radius 2 is 1.96 bits per heavy atom. The summed E-state index contributed by atoms with van der Waals surface area (Å²) in [4.78, 5) is 4.57. The Balaban J connectivity index is 1.73. The van der Waals surface area contributed by atoms with Crippen LogP contribution in [0.3, 0.4) is 0 Å². The van der Waals surface area contributed by atoms with Crippen LogP contribution in [0, 0.1) is 13.8 Å². The molecule has 0 spiro atoms. The summed E-state index contributed by atoms with van der Waals surface area (Å²) in [6, 6.07) is 13.1. The predicted octanol–water partition coefficient (Wildman–Crippen LogP) is 4.36. The number of hydrogen-bond acceptors (Lipinski definition) is 3. The van der Waals surface area contributed by atoms with Crippen molar-refractivity contribution in [3.05, 3.63) is 71.2 Å². The quantitative estimate of drug-likeness (QED) is 0.715. The minimum Gasteiger partial charge on any atom is -0.326 e. The molecule has 0 radical (unpaired) electrons. The number of rotatable bonds is 3. The molecule has 2 heterocycles. The first-order chi connectivity index (χ1) is 12.1. The summed E-state index contributed by atoms with van der Waals surface area (Å²) >= 11 is 0. The van der Waals surface area contributed by atoms with Crippen molar-refractivity contribution in [2.75, 3.05) is 7.05 Å². The molecule has 1 aromatic heterocycles. The molecule has 2 aromatic carbocycles. The maximum Gasteiger partial charge on any atom is 0.0961 e. The molecule has 25 heavy (non-hydrogen) atoms. The van der Waals surface area contributed by atoms with Gasteiger partial charge < -0.3 is 4.57 Å². The second kappa shape index (κ2) is 6.20. The fourth-order valence-corrected chi connectivity index (χ4v) is 3.31. The van der Waals surface area contributed by atoms with Crippen molar-refractivity contribution >= 4 is 22.8 Å². The van der Waals surface area contributed by atoms with Crippen molar-refractivity contribution in [2.45, 2.75) is 26.8 Å². The molecule has 0 N–H and O–H groups in total. The van der Waals surface area contributed by atoms with Gasteiger partial charge in [0.25, 0.3) is 0 Å². The highest BCUT2D eigenvalue weighted by molar-refractivity contribution is 5.86. The van der Waals surface area contributed by atoms with E-state index in [-0.39, 0.29) is 0 Å². The molecule has 0 saturated heterocycles. The Kier molecular flexibility index (Phi) is 3.88. The summed E-state index contributed by atoms with van der Waals surface area (Å²) in [6.45, 7) is 5.15. The van der Waals surface area contributed by atoms with Gasteiger partial charge in [0.2, 0.25) is 0 Å². The van der Waals surface area contributed by atoms with Crippen LogP contribution in [-0.2, 0) is 6.54 Å². The number of aromatic nitrogens is 2. The van der Waals surface area contributed by atoms with Crippen molar-refractivity contribution in [1.29, 1.82) is 0 Å². The van der Waals surface area contributed by atoms with Crippen LogP contribution in [0.1, 0.15) is 28.7 Å². The molecule has 4 heteroatoms. The standard InChI is InChI=1S/C21H22N4/c1-15-4-5-16(2)19(10-15)13-25-14-22-20-7-6-17(11-21(20)25)18-8-9-23-24(3)12-18/h4-7,9-12,14H,8,13H2,1-3H3. The van der Waals surface area contributed by atoms with E-state index in [0.717, 1.165) is 18.5 Å². The van der Waals surface area contributed by atoms with Gasteiger partial charge >= 0.3 is 0 Å². The largest absolute Gasteiger partial charge is 0.326 e. The summed E-state index contributed by atoms with van der Waals surface area (Å²) in [5.74, 6) is 0. The zero-order valence-electron chi connectivity index (χ0n) is 14.9. The van der Waals surface area contributed by atoms with Gasteiger partial charge in [0, 0.05) is 32.4 Å². The van der Waals surface area contributed by atoms with Gasteiger partial charge in [-0.1, -0.05) is 29.8 Å². The second-order valence-electron chi connectivity index (χ2n) is 6.74. The number of hydrogen-bond donors (Lipinski definition) is 0. The van der Waals surface area contributed by atoms with E-state index in [1.54, 1.807) is 0 Å². The Hall–Kier alpha value is -2.88. The fourth-order valence-electron chi connectivity index (χ4n) is 3.31. The first kappa shape index (κ1) is 15.6. The summed E-state index contributed by atoms with van der Waals surface area (Å²) in [6.07, 6.45) is 6.85. The lowest BCUT2D eigenvalue weighted by molar-refractivity contribution is 0.488. The zero-order valence-corrected chi connectivity index (χ0v) is 14.9. The fraction of sp³-hybridized carbons (Fsp3) is 0.238.